The van der Waals surface area contributed by atoms with Crippen molar-refractivity contribution in [2.24, 2.45) is 7.05 Å². The largest absolute Gasteiger partial charge is 0.465 e. The number of amides is 1. The first-order valence-corrected chi connectivity index (χ1v) is 12.5. The topological polar surface area (TPSA) is 87.9 Å². The van der Waals surface area contributed by atoms with E-state index in [2.05, 4.69) is 4.90 Å². The molecule has 37 heavy (non-hydrogen) atoms. The van der Waals surface area contributed by atoms with Crippen LogP contribution in [-0.4, -0.2) is 57.8 Å². The monoisotopic (exact) mass is 496 g/mol. The minimum absolute atomic E-state index is 0.310. The highest BCUT2D eigenvalue weighted by Crippen LogP contribution is 2.42. The standard InChI is InChI=1S/C29H28N4O4/c1-31-24-10-6-5-9-23(24)30-26(31)29(18-20-7-3-2-4-8-20)19-21-11-12-22(17-25(21)37-27(29)34)32-13-15-33(16-14-32)28(35)36/h2-12,17H,13-16,18-19H2,1H3,(H,35,36). The van der Waals surface area contributed by atoms with Crippen molar-refractivity contribution in [3.8, 4) is 5.75 Å². The Balaban J connectivity index is 1.38. The molecule has 6 rings (SSSR count). The van der Waals surface area contributed by atoms with Gasteiger partial charge in [0, 0.05) is 45.0 Å². The van der Waals surface area contributed by atoms with Crippen LogP contribution < -0.4 is 9.64 Å². The molecular weight excluding hydrogens is 468 g/mol. The van der Waals surface area contributed by atoms with E-state index in [0.29, 0.717) is 50.6 Å². The quantitative estimate of drug-likeness (QED) is 0.339. The number of aryl methyl sites for hydroxylation is 1. The molecule has 1 saturated heterocycles. The number of carbonyl (C=O) groups is 2. The molecule has 2 aliphatic heterocycles. The number of hydrogen-bond donors (Lipinski definition) is 1. The normalized spacial score (nSPS) is 19.5. The van der Waals surface area contributed by atoms with Gasteiger partial charge in [-0.2, -0.15) is 0 Å². The van der Waals surface area contributed by atoms with E-state index in [4.69, 9.17) is 9.72 Å². The molecule has 8 nitrogen and oxygen atoms in total. The molecule has 3 aromatic carbocycles. The Hall–Kier alpha value is -4.33. The number of fused-ring (bicyclic) bond motifs is 2. The summed E-state index contributed by atoms with van der Waals surface area (Å²) < 4.78 is 8.11. The zero-order valence-corrected chi connectivity index (χ0v) is 20.6. The first-order chi connectivity index (χ1) is 17.9. The van der Waals surface area contributed by atoms with E-state index in [1.165, 1.54) is 4.90 Å². The van der Waals surface area contributed by atoms with Crippen molar-refractivity contribution in [2.75, 3.05) is 31.1 Å². The maximum absolute atomic E-state index is 14.0. The second kappa shape index (κ2) is 8.96. The Labute approximate surface area is 214 Å². The molecule has 1 N–H and O–H groups in total. The average Bonchev–Trinajstić information content (AvgIpc) is 3.26. The van der Waals surface area contributed by atoms with Gasteiger partial charge in [0.15, 0.2) is 0 Å². The third-order valence-corrected chi connectivity index (χ3v) is 7.62. The predicted octanol–water partition coefficient (Wildman–Crippen LogP) is 4.02. The van der Waals surface area contributed by atoms with Crippen LogP contribution in [0, 0.1) is 0 Å². The van der Waals surface area contributed by atoms with Crippen molar-refractivity contribution >= 4 is 28.8 Å². The van der Waals surface area contributed by atoms with E-state index in [0.717, 1.165) is 27.8 Å². The van der Waals surface area contributed by atoms with Crippen LogP contribution in [0.2, 0.25) is 0 Å². The molecule has 188 valence electrons. The van der Waals surface area contributed by atoms with Crippen molar-refractivity contribution in [3.05, 3.63) is 89.7 Å². The minimum atomic E-state index is -0.975. The van der Waals surface area contributed by atoms with Gasteiger partial charge in [-0.15, -0.1) is 0 Å². The molecule has 0 spiro atoms. The van der Waals surface area contributed by atoms with Crippen molar-refractivity contribution in [2.45, 2.75) is 18.3 Å². The van der Waals surface area contributed by atoms with Gasteiger partial charge >= 0.3 is 12.1 Å². The zero-order chi connectivity index (χ0) is 25.6. The highest BCUT2D eigenvalue weighted by atomic mass is 16.5. The average molecular weight is 497 g/mol. The summed E-state index contributed by atoms with van der Waals surface area (Å²) in [6, 6.07) is 23.9. The number of ether oxygens (including phenoxy) is 1. The summed E-state index contributed by atoms with van der Waals surface area (Å²) >= 11 is 0. The van der Waals surface area contributed by atoms with Crippen LogP contribution in [-0.2, 0) is 30.1 Å². The van der Waals surface area contributed by atoms with Crippen LogP contribution in [0.5, 0.6) is 5.75 Å². The van der Waals surface area contributed by atoms with E-state index < -0.39 is 11.5 Å². The second-order valence-electron chi connectivity index (χ2n) is 9.84. The van der Waals surface area contributed by atoms with Gasteiger partial charge in [0.25, 0.3) is 0 Å². The number of benzene rings is 3. The van der Waals surface area contributed by atoms with Gasteiger partial charge in [0.05, 0.1) is 11.0 Å². The molecule has 1 unspecified atom stereocenters. The van der Waals surface area contributed by atoms with E-state index in [1.54, 1.807) is 0 Å². The fourth-order valence-electron chi connectivity index (χ4n) is 5.63. The summed E-state index contributed by atoms with van der Waals surface area (Å²) in [5.41, 5.74) is 3.77. The molecule has 2 aliphatic rings. The SMILES string of the molecule is Cn1c(C2(Cc3ccccc3)Cc3ccc(N4CCN(C(=O)O)CC4)cc3OC2=O)nc2ccccc21. The Kier molecular flexibility index (Phi) is 5.59. The molecule has 1 atom stereocenters. The van der Waals surface area contributed by atoms with Crippen LogP contribution in [0.15, 0.2) is 72.8 Å². The van der Waals surface area contributed by atoms with Gasteiger partial charge < -0.3 is 24.2 Å². The van der Waals surface area contributed by atoms with Crippen LogP contribution in [0.25, 0.3) is 11.0 Å². The number of carbonyl (C=O) groups excluding carboxylic acids is 1. The van der Waals surface area contributed by atoms with Crippen molar-refractivity contribution in [3.63, 3.8) is 0 Å². The first-order valence-electron chi connectivity index (χ1n) is 12.5. The number of esters is 1. The molecule has 1 amide bonds. The highest BCUT2D eigenvalue weighted by Gasteiger charge is 2.49. The molecular formula is C29H28N4O4. The number of anilines is 1. The molecule has 4 aromatic rings. The molecule has 8 heteroatoms. The Morgan fingerprint density at radius 1 is 1.00 bits per heavy atom. The smallest absolute Gasteiger partial charge is 0.407 e. The number of hydrogen-bond acceptors (Lipinski definition) is 5. The Morgan fingerprint density at radius 2 is 1.73 bits per heavy atom. The van der Waals surface area contributed by atoms with Gasteiger partial charge in [-0.25, -0.2) is 9.78 Å². The maximum Gasteiger partial charge on any atom is 0.407 e. The number of piperazine rings is 1. The Morgan fingerprint density at radius 3 is 2.46 bits per heavy atom. The van der Waals surface area contributed by atoms with Gasteiger partial charge in [-0.3, -0.25) is 4.79 Å². The lowest BCUT2D eigenvalue weighted by Crippen LogP contribution is -2.49. The van der Waals surface area contributed by atoms with Gasteiger partial charge in [-0.1, -0.05) is 48.5 Å². The van der Waals surface area contributed by atoms with Gasteiger partial charge in [0.1, 0.15) is 17.0 Å². The predicted molar refractivity (Wildman–Crippen MR) is 140 cm³/mol. The van der Waals surface area contributed by atoms with E-state index >= 15 is 0 Å². The Bertz CT molecular complexity index is 1490. The number of nitrogens with zero attached hydrogens (tertiary/aromatic N) is 4. The number of para-hydroxylation sites is 2. The van der Waals surface area contributed by atoms with E-state index in [9.17, 15) is 14.7 Å². The van der Waals surface area contributed by atoms with E-state index in [-0.39, 0.29) is 5.97 Å². The minimum Gasteiger partial charge on any atom is -0.465 e. The number of aromatic nitrogens is 2. The summed E-state index contributed by atoms with van der Waals surface area (Å²) in [6.07, 6.45) is 0.0540. The molecule has 0 aliphatic carbocycles. The summed E-state index contributed by atoms with van der Waals surface area (Å²) in [5.74, 6) is 0.947. The molecule has 0 bridgehead atoms. The van der Waals surface area contributed by atoms with Gasteiger partial charge in [0.2, 0.25) is 0 Å². The molecule has 1 fully saturated rings. The molecule has 1 aromatic heterocycles. The van der Waals surface area contributed by atoms with Crippen LogP contribution >= 0.6 is 0 Å². The number of imidazole rings is 1. The van der Waals surface area contributed by atoms with Crippen molar-refractivity contribution in [1.82, 2.24) is 14.5 Å². The lowest BCUT2D eigenvalue weighted by Gasteiger charge is -2.37. The lowest BCUT2D eigenvalue weighted by atomic mass is 9.74. The van der Waals surface area contributed by atoms with E-state index in [1.807, 2.05) is 84.4 Å². The summed E-state index contributed by atoms with van der Waals surface area (Å²) in [6.45, 7) is 2.08. The highest BCUT2D eigenvalue weighted by molar-refractivity contribution is 5.89. The summed E-state index contributed by atoms with van der Waals surface area (Å²) in [5, 5.41) is 9.24. The lowest BCUT2D eigenvalue weighted by molar-refractivity contribution is -0.142. The first kappa shape index (κ1) is 23.1. The fourth-order valence-corrected chi connectivity index (χ4v) is 5.63. The third-order valence-electron chi connectivity index (χ3n) is 7.62. The maximum atomic E-state index is 14.0. The summed E-state index contributed by atoms with van der Waals surface area (Å²) in [7, 11) is 1.96. The number of carboxylic acid groups (broad SMARTS) is 1. The third kappa shape index (κ3) is 3.98. The van der Waals surface area contributed by atoms with Gasteiger partial charge in [-0.05, 0) is 42.2 Å². The van der Waals surface area contributed by atoms with Crippen molar-refractivity contribution in [1.29, 1.82) is 0 Å². The van der Waals surface area contributed by atoms with Crippen LogP contribution in [0.1, 0.15) is 17.0 Å². The molecule has 0 saturated carbocycles. The second-order valence-corrected chi connectivity index (χ2v) is 9.84. The summed E-state index contributed by atoms with van der Waals surface area (Å²) in [4.78, 5) is 33.7. The van der Waals surface area contributed by atoms with Crippen LogP contribution in [0.4, 0.5) is 10.5 Å². The molecule has 3 heterocycles. The molecule has 0 radical (unpaired) electrons. The fraction of sp³-hybridized carbons (Fsp3) is 0.276. The van der Waals surface area contributed by atoms with Crippen LogP contribution in [0.3, 0.4) is 0 Å². The van der Waals surface area contributed by atoms with Crippen molar-refractivity contribution < 1.29 is 19.4 Å². The number of rotatable bonds is 4. The zero-order valence-electron chi connectivity index (χ0n) is 20.6.